The van der Waals surface area contributed by atoms with Crippen molar-refractivity contribution >= 4 is 22.5 Å². The summed E-state index contributed by atoms with van der Waals surface area (Å²) in [5.41, 5.74) is 2.00. The number of likely N-dealkylation sites (tertiary alicyclic amines) is 1. The summed E-state index contributed by atoms with van der Waals surface area (Å²) in [6.45, 7) is 3.34. The Morgan fingerprint density at radius 2 is 1.93 bits per heavy atom. The van der Waals surface area contributed by atoms with Crippen LogP contribution in [0.4, 0.5) is 14.5 Å². The summed E-state index contributed by atoms with van der Waals surface area (Å²) in [7, 11) is 1.72. The monoisotopic (exact) mass is 591 g/mol. The highest BCUT2D eigenvalue weighted by atomic mass is 19.2. The molecule has 1 saturated heterocycles. The van der Waals surface area contributed by atoms with Crippen LogP contribution in [0.25, 0.3) is 10.9 Å². The number of pyridine rings is 2. The van der Waals surface area contributed by atoms with E-state index in [1.54, 1.807) is 7.11 Å². The first-order chi connectivity index (χ1) is 20.9. The molecule has 0 saturated carbocycles. The van der Waals surface area contributed by atoms with E-state index in [0.29, 0.717) is 6.04 Å². The van der Waals surface area contributed by atoms with E-state index in [1.165, 1.54) is 24.4 Å². The molecule has 9 nitrogen and oxygen atoms in total. The number of carbonyl (C=O) groups is 1. The fourth-order valence-electron chi connectivity index (χ4n) is 5.41. The number of anilines is 1. The second kappa shape index (κ2) is 13.9. The van der Waals surface area contributed by atoms with E-state index in [0.717, 1.165) is 77.9 Å². The summed E-state index contributed by atoms with van der Waals surface area (Å²) >= 11 is 0. The molecule has 0 bridgehead atoms. The van der Waals surface area contributed by atoms with Crippen LogP contribution in [0.15, 0.2) is 71.8 Å². The molecule has 11 heteroatoms. The predicted octanol–water partition coefficient (Wildman–Crippen LogP) is 3.71. The zero-order valence-corrected chi connectivity index (χ0v) is 23.9. The van der Waals surface area contributed by atoms with E-state index >= 15 is 0 Å². The Morgan fingerprint density at radius 3 is 2.67 bits per heavy atom. The van der Waals surface area contributed by atoms with Crippen molar-refractivity contribution in [3.63, 3.8) is 0 Å². The Labute approximate surface area is 248 Å². The molecule has 1 fully saturated rings. The number of hydrogen-bond acceptors (Lipinski definition) is 7. The Bertz CT molecular complexity index is 1640. The lowest BCUT2D eigenvalue weighted by Crippen LogP contribution is -2.40. The molecular formula is C32H35F2N5O4. The molecule has 5 rings (SSSR count). The minimum Gasteiger partial charge on any atom is -0.394 e. The third kappa shape index (κ3) is 7.24. The number of fused-ring (bicyclic) bond motifs is 1. The number of carbonyl (C=O) groups excluding carboxylic acids is 1. The van der Waals surface area contributed by atoms with Crippen LogP contribution >= 0.6 is 0 Å². The van der Waals surface area contributed by atoms with Crippen LogP contribution in [0.2, 0.25) is 0 Å². The number of aliphatic hydroxyl groups is 1. The van der Waals surface area contributed by atoms with Crippen molar-refractivity contribution in [2.24, 2.45) is 0 Å². The largest absolute Gasteiger partial charge is 0.394 e. The average molecular weight is 592 g/mol. The lowest BCUT2D eigenvalue weighted by molar-refractivity contribution is 0.0948. The van der Waals surface area contributed by atoms with E-state index in [-0.39, 0.29) is 17.7 Å². The van der Waals surface area contributed by atoms with Crippen molar-refractivity contribution < 1.29 is 23.4 Å². The quantitative estimate of drug-likeness (QED) is 0.244. The minimum atomic E-state index is -1.09. The van der Waals surface area contributed by atoms with Crippen LogP contribution < -0.4 is 16.2 Å². The molecule has 0 aliphatic carbocycles. The number of aromatic nitrogens is 2. The van der Waals surface area contributed by atoms with Crippen LogP contribution in [0.3, 0.4) is 0 Å². The lowest BCUT2D eigenvalue weighted by Gasteiger charge is -2.32. The second-order valence-electron chi connectivity index (χ2n) is 10.7. The van der Waals surface area contributed by atoms with Gasteiger partial charge >= 0.3 is 0 Å². The highest BCUT2D eigenvalue weighted by molar-refractivity contribution is 5.93. The Morgan fingerprint density at radius 1 is 1.12 bits per heavy atom. The number of piperidine rings is 1. The molecule has 43 heavy (non-hydrogen) atoms. The lowest BCUT2D eigenvalue weighted by atomic mass is 10.0. The molecule has 3 N–H and O–H groups in total. The van der Waals surface area contributed by atoms with E-state index in [2.05, 4.69) is 20.5 Å². The van der Waals surface area contributed by atoms with Crippen molar-refractivity contribution in [2.75, 3.05) is 45.3 Å². The number of amides is 1. The molecule has 2 aromatic heterocycles. The number of methoxy groups -OCH3 is 1. The number of halogens is 2. The Balaban J connectivity index is 1.24. The van der Waals surface area contributed by atoms with Gasteiger partial charge in [-0.3, -0.25) is 14.6 Å². The maximum absolute atomic E-state index is 13.8. The maximum Gasteiger partial charge on any atom is 0.264 e. The number of aliphatic hydroxyl groups excluding tert-OH is 1. The molecule has 1 aliphatic heterocycles. The van der Waals surface area contributed by atoms with Crippen LogP contribution in [-0.2, 0) is 11.3 Å². The van der Waals surface area contributed by atoms with Gasteiger partial charge < -0.3 is 29.9 Å². The van der Waals surface area contributed by atoms with Crippen molar-refractivity contribution in [2.45, 2.75) is 31.5 Å². The zero-order valence-electron chi connectivity index (χ0n) is 23.9. The molecule has 1 atom stereocenters. The van der Waals surface area contributed by atoms with Gasteiger partial charge in [0.2, 0.25) is 0 Å². The summed E-state index contributed by atoms with van der Waals surface area (Å²) in [6, 6.07) is 13.2. The number of hydrogen-bond donors (Lipinski definition) is 3. The molecule has 3 heterocycles. The molecule has 0 unspecified atom stereocenters. The molecule has 1 aliphatic rings. The SMILES string of the molecule is COCCN1CCC(Nc2cnc3ccc(CNC(=O)c4cccn([C@@H](CO)c5ccc(F)c(F)c5)c4=O)cc3c2)CC1. The van der Waals surface area contributed by atoms with Gasteiger partial charge in [0.05, 0.1) is 36.7 Å². The van der Waals surface area contributed by atoms with Gasteiger partial charge in [-0.25, -0.2) is 8.78 Å². The zero-order chi connectivity index (χ0) is 30.3. The summed E-state index contributed by atoms with van der Waals surface area (Å²) in [4.78, 5) is 33.2. The van der Waals surface area contributed by atoms with E-state index in [4.69, 9.17) is 4.74 Å². The molecule has 0 radical (unpaired) electrons. The van der Waals surface area contributed by atoms with Gasteiger partial charge in [0.25, 0.3) is 11.5 Å². The number of rotatable bonds is 11. The van der Waals surface area contributed by atoms with Crippen LogP contribution in [-0.4, -0.2) is 71.5 Å². The van der Waals surface area contributed by atoms with Crippen molar-refractivity contribution in [3.05, 3.63) is 106 Å². The highest BCUT2D eigenvalue weighted by Gasteiger charge is 2.21. The van der Waals surface area contributed by atoms with Gasteiger partial charge in [-0.05, 0) is 66.4 Å². The number of benzene rings is 2. The Hall–Kier alpha value is -4.19. The molecule has 2 aromatic carbocycles. The standard InChI is InChI=1S/C32H35F2N5O4/c1-43-14-13-38-11-8-24(9-12-38)37-25-16-23-15-21(4-7-29(23)35-19-25)18-36-31(41)26-3-2-10-39(32(26)42)30(20-40)22-5-6-27(33)28(34)17-22/h2-7,10,15-17,19,24,30,37,40H,8-9,11-14,18,20H2,1H3,(H,36,41)/t30-/m0/s1. The normalized spacial score (nSPS) is 15.0. The first-order valence-electron chi connectivity index (χ1n) is 14.3. The highest BCUT2D eigenvalue weighted by Crippen LogP contribution is 2.22. The number of nitrogens with one attached hydrogen (secondary N) is 2. The summed E-state index contributed by atoms with van der Waals surface area (Å²) < 4.78 is 33.6. The summed E-state index contributed by atoms with van der Waals surface area (Å²) in [5.74, 6) is -2.72. The fourth-order valence-corrected chi connectivity index (χ4v) is 5.41. The second-order valence-corrected chi connectivity index (χ2v) is 10.7. The van der Waals surface area contributed by atoms with Gasteiger partial charge in [-0.2, -0.15) is 0 Å². The van der Waals surface area contributed by atoms with Gasteiger partial charge in [0, 0.05) is 50.9 Å². The van der Waals surface area contributed by atoms with Crippen molar-refractivity contribution in [1.29, 1.82) is 0 Å². The first-order valence-corrected chi connectivity index (χ1v) is 14.3. The number of nitrogens with zero attached hydrogens (tertiary/aromatic N) is 3. The molecule has 0 spiro atoms. The van der Waals surface area contributed by atoms with Gasteiger partial charge in [-0.1, -0.05) is 12.1 Å². The van der Waals surface area contributed by atoms with E-state index in [9.17, 15) is 23.5 Å². The number of ether oxygens (including phenoxy) is 1. The average Bonchev–Trinajstić information content (AvgIpc) is 3.02. The molecule has 4 aromatic rings. The molecule has 226 valence electrons. The molecule has 1 amide bonds. The van der Waals surface area contributed by atoms with Crippen molar-refractivity contribution in [1.82, 2.24) is 19.8 Å². The van der Waals surface area contributed by atoms with Crippen LogP contribution in [0.1, 0.15) is 40.4 Å². The third-order valence-corrected chi connectivity index (χ3v) is 7.82. The minimum absolute atomic E-state index is 0.134. The van der Waals surface area contributed by atoms with E-state index < -0.39 is 35.7 Å². The molecular weight excluding hydrogens is 556 g/mol. The van der Waals surface area contributed by atoms with Gasteiger partial charge in [-0.15, -0.1) is 0 Å². The summed E-state index contributed by atoms with van der Waals surface area (Å²) in [5, 5.41) is 17.3. The maximum atomic E-state index is 13.8. The predicted molar refractivity (Wildman–Crippen MR) is 160 cm³/mol. The van der Waals surface area contributed by atoms with Gasteiger partial charge in [0.1, 0.15) is 5.56 Å². The van der Waals surface area contributed by atoms with Crippen molar-refractivity contribution in [3.8, 4) is 0 Å². The summed E-state index contributed by atoms with van der Waals surface area (Å²) in [6.07, 6.45) is 5.30. The smallest absolute Gasteiger partial charge is 0.264 e. The third-order valence-electron chi connectivity index (χ3n) is 7.82. The first kappa shape index (κ1) is 30.3. The van der Waals surface area contributed by atoms with Crippen LogP contribution in [0, 0.1) is 11.6 Å². The van der Waals surface area contributed by atoms with Gasteiger partial charge in [0.15, 0.2) is 11.6 Å². The van der Waals surface area contributed by atoms with Crippen LogP contribution in [0.5, 0.6) is 0 Å². The van der Waals surface area contributed by atoms with E-state index in [1.807, 2.05) is 30.5 Å². The topological polar surface area (TPSA) is 109 Å². The Kier molecular flexibility index (Phi) is 9.75. The fraction of sp³-hybridized carbons (Fsp3) is 0.344.